The van der Waals surface area contributed by atoms with Gasteiger partial charge in [0.25, 0.3) is 0 Å². The number of nitrogens with zero attached hydrogens (tertiary/aromatic N) is 2. The number of ether oxygens (including phenoxy) is 3. The fourth-order valence-electron chi connectivity index (χ4n) is 3.47. The van der Waals surface area contributed by atoms with Crippen molar-refractivity contribution < 1.29 is 27.9 Å². The number of benzene rings is 3. The van der Waals surface area contributed by atoms with Gasteiger partial charge in [-0.1, -0.05) is 41.7 Å². The van der Waals surface area contributed by atoms with Crippen molar-refractivity contribution in [3.63, 3.8) is 0 Å². The van der Waals surface area contributed by atoms with Gasteiger partial charge >= 0.3 is 6.09 Å². The molecule has 0 saturated heterocycles. The molecule has 0 radical (unpaired) electrons. The Morgan fingerprint density at radius 3 is 2.56 bits per heavy atom. The van der Waals surface area contributed by atoms with Gasteiger partial charge in [-0.3, -0.25) is 4.90 Å². The summed E-state index contributed by atoms with van der Waals surface area (Å²) in [6.45, 7) is 1.81. The van der Waals surface area contributed by atoms with Gasteiger partial charge in [-0.25, -0.2) is 9.18 Å². The molecule has 0 aliphatic carbocycles. The van der Waals surface area contributed by atoms with Gasteiger partial charge in [-0.05, 0) is 36.2 Å². The van der Waals surface area contributed by atoms with Crippen molar-refractivity contribution in [2.45, 2.75) is 20.0 Å². The van der Waals surface area contributed by atoms with E-state index in [4.69, 9.17) is 14.2 Å². The first-order valence-corrected chi connectivity index (χ1v) is 10.1. The summed E-state index contributed by atoms with van der Waals surface area (Å²) in [5, 5.41) is 0.304. The highest BCUT2D eigenvalue weighted by molar-refractivity contribution is 5.87. The zero-order valence-corrected chi connectivity index (χ0v) is 17.7. The van der Waals surface area contributed by atoms with Gasteiger partial charge < -0.3 is 14.2 Å². The Balaban J connectivity index is 1.54. The molecule has 1 aliphatic heterocycles. The number of carbonyl (C=O) groups excluding carboxylic acids is 1. The zero-order chi connectivity index (χ0) is 22.7. The second-order valence-corrected chi connectivity index (χ2v) is 7.16. The summed E-state index contributed by atoms with van der Waals surface area (Å²) in [5.74, 6) is 0.456. The molecule has 4 rings (SSSR count). The lowest BCUT2D eigenvalue weighted by atomic mass is 10.0. The Labute approximate surface area is 184 Å². The van der Waals surface area contributed by atoms with E-state index in [1.165, 1.54) is 23.1 Å². The summed E-state index contributed by atoms with van der Waals surface area (Å²) in [5.41, 5.74) is 1.59. The fourth-order valence-corrected chi connectivity index (χ4v) is 3.47. The van der Waals surface area contributed by atoms with Gasteiger partial charge in [0, 0.05) is 18.7 Å². The van der Waals surface area contributed by atoms with Gasteiger partial charge in [-0.2, -0.15) is 5.12 Å². The molecule has 0 unspecified atom stereocenters. The number of anilines is 3. The Morgan fingerprint density at radius 2 is 1.78 bits per heavy atom. The first-order chi connectivity index (χ1) is 15.5. The van der Waals surface area contributed by atoms with Crippen LogP contribution in [0.5, 0.6) is 11.5 Å². The topological polar surface area (TPSA) is 51.2 Å². The third-order valence-corrected chi connectivity index (χ3v) is 5.21. The molecule has 1 aliphatic rings. The molecule has 32 heavy (non-hydrogen) atoms. The van der Waals surface area contributed by atoms with Crippen molar-refractivity contribution in [2.75, 3.05) is 23.9 Å². The van der Waals surface area contributed by atoms with Crippen LogP contribution in [0, 0.1) is 5.82 Å². The highest BCUT2D eigenvalue weighted by atomic mass is 19.2. The van der Waals surface area contributed by atoms with Crippen LogP contribution in [0.15, 0.2) is 60.7 Å². The molecule has 0 bridgehead atoms. The smallest absolute Gasteiger partial charge is 0.414 e. The molecule has 0 spiro atoms. The minimum absolute atomic E-state index is 0.130. The van der Waals surface area contributed by atoms with E-state index < -0.39 is 11.9 Å². The Hall–Kier alpha value is -3.81. The van der Waals surface area contributed by atoms with E-state index >= 15 is 4.48 Å². The lowest BCUT2D eigenvalue weighted by Gasteiger charge is -2.22. The van der Waals surface area contributed by atoms with E-state index in [2.05, 4.69) is 0 Å². The summed E-state index contributed by atoms with van der Waals surface area (Å²) in [7, 11) is 1.56. The van der Waals surface area contributed by atoms with Crippen molar-refractivity contribution >= 4 is 23.2 Å². The van der Waals surface area contributed by atoms with Crippen molar-refractivity contribution in [2.24, 2.45) is 0 Å². The minimum atomic E-state index is -0.689. The molecule has 6 nitrogen and oxygen atoms in total. The lowest BCUT2D eigenvalue weighted by molar-refractivity contribution is 0.148. The van der Waals surface area contributed by atoms with E-state index in [1.54, 1.807) is 49.5 Å². The number of halogens is 2. The maximum Gasteiger partial charge on any atom is 0.414 e. The highest BCUT2D eigenvalue weighted by Gasteiger charge is 2.22. The van der Waals surface area contributed by atoms with Crippen LogP contribution in [0.3, 0.4) is 0 Å². The maximum atomic E-state index is 15.3. The third kappa shape index (κ3) is 4.16. The van der Waals surface area contributed by atoms with Crippen LogP contribution in [0.1, 0.15) is 18.1 Å². The van der Waals surface area contributed by atoms with Crippen LogP contribution in [0.2, 0.25) is 0 Å². The molecular formula is C24H22F2N2O4. The van der Waals surface area contributed by atoms with Crippen LogP contribution >= 0.6 is 0 Å². The van der Waals surface area contributed by atoms with Gasteiger partial charge in [0.2, 0.25) is 6.79 Å². The molecule has 166 valence electrons. The summed E-state index contributed by atoms with van der Waals surface area (Å²) < 4.78 is 45.6. The number of rotatable bonds is 6. The number of hydrogen-bond acceptors (Lipinski definition) is 5. The molecule has 0 saturated carbocycles. The van der Waals surface area contributed by atoms with Gasteiger partial charge in [0.1, 0.15) is 18.1 Å². The van der Waals surface area contributed by atoms with E-state index in [9.17, 15) is 9.18 Å². The zero-order valence-electron chi connectivity index (χ0n) is 17.7. The summed E-state index contributed by atoms with van der Waals surface area (Å²) in [4.78, 5) is 14.0. The summed E-state index contributed by atoms with van der Waals surface area (Å²) in [6, 6.07) is 15.8. The fraction of sp³-hybridized carbons (Fsp3) is 0.208. The molecular weight excluding hydrogens is 418 g/mol. The van der Waals surface area contributed by atoms with E-state index in [-0.39, 0.29) is 24.8 Å². The first-order valence-electron chi connectivity index (χ1n) is 10.1. The quantitative estimate of drug-likeness (QED) is 0.446. The molecule has 0 aromatic heterocycles. The van der Waals surface area contributed by atoms with E-state index in [1.807, 2.05) is 6.92 Å². The van der Waals surface area contributed by atoms with Crippen LogP contribution in [-0.2, 0) is 17.8 Å². The molecule has 0 N–H and O–H groups in total. The molecule has 8 heteroatoms. The Morgan fingerprint density at radius 1 is 1.03 bits per heavy atom. The number of amides is 1. The second kappa shape index (κ2) is 9.13. The maximum absolute atomic E-state index is 15.3. The lowest BCUT2D eigenvalue weighted by Crippen LogP contribution is -2.27. The number of aryl methyl sites for hydroxylation is 1. The molecule has 3 aromatic rings. The van der Waals surface area contributed by atoms with Gasteiger partial charge in [-0.15, -0.1) is 0 Å². The predicted molar refractivity (Wildman–Crippen MR) is 117 cm³/mol. The van der Waals surface area contributed by atoms with E-state index in [0.717, 1.165) is 0 Å². The Bertz CT molecular complexity index is 1140. The monoisotopic (exact) mass is 440 g/mol. The van der Waals surface area contributed by atoms with Crippen molar-refractivity contribution in [1.29, 1.82) is 0 Å². The average Bonchev–Trinajstić information content (AvgIpc) is 3.29. The van der Waals surface area contributed by atoms with Gasteiger partial charge in [0.05, 0.1) is 11.4 Å². The van der Waals surface area contributed by atoms with Crippen molar-refractivity contribution in [1.82, 2.24) is 0 Å². The number of para-hydroxylation sites is 2. The predicted octanol–water partition coefficient (Wildman–Crippen LogP) is 5.91. The molecule has 1 heterocycles. The standard InChI is InChI=1S/C24H22F2N2O4/c1-3-16-7-6-8-17(23(16)28(26)20-10-5-4-9-19(20)25)14-30-24(29)27(2)18-11-12-21-22(13-18)32-15-31-21/h4-13H,3,14-15H2,1-2H3. The molecule has 3 aromatic carbocycles. The first kappa shape index (κ1) is 21.4. The van der Waals surface area contributed by atoms with Crippen molar-refractivity contribution in [3.05, 3.63) is 77.6 Å². The Kier molecular flexibility index (Phi) is 6.11. The normalized spacial score (nSPS) is 11.9. The summed E-state index contributed by atoms with van der Waals surface area (Å²) in [6.07, 6.45) is -0.115. The molecule has 0 fully saturated rings. The van der Waals surface area contributed by atoms with Crippen molar-refractivity contribution in [3.8, 4) is 11.5 Å². The summed E-state index contributed by atoms with van der Waals surface area (Å²) >= 11 is 0. The largest absolute Gasteiger partial charge is 0.454 e. The van der Waals surface area contributed by atoms with Crippen LogP contribution in [-0.4, -0.2) is 19.9 Å². The average molecular weight is 440 g/mol. The second-order valence-electron chi connectivity index (χ2n) is 7.16. The van der Waals surface area contributed by atoms with Crippen LogP contribution < -0.4 is 19.5 Å². The molecule has 0 atom stereocenters. The number of hydrogen-bond donors (Lipinski definition) is 0. The van der Waals surface area contributed by atoms with Gasteiger partial charge in [0.15, 0.2) is 11.5 Å². The number of carbonyl (C=O) groups is 1. The SMILES string of the molecule is CCc1cccc(COC(=O)N(C)c2ccc3c(c2)OCO3)c1N(F)c1ccccc1F. The third-order valence-electron chi connectivity index (χ3n) is 5.21. The number of fused-ring (bicyclic) bond motifs is 1. The minimum Gasteiger partial charge on any atom is -0.454 e. The van der Waals surface area contributed by atoms with E-state index in [0.29, 0.717) is 39.9 Å². The van der Waals surface area contributed by atoms with Crippen LogP contribution in [0.25, 0.3) is 0 Å². The molecule has 1 amide bonds. The highest BCUT2D eigenvalue weighted by Crippen LogP contribution is 2.36. The van der Waals surface area contributed by atoms with Crippen LogP contribution in [0.4, 0.5) is 30.7 Å².